The Hall–Kier alpha value is -2.89. The summed E-state index contributed by atoms with van der Waals surface area (Å²) in [7, 11) is 0. The minimum atomic E-state index is -1.16. The maximum Gasteiger partial charge on any atom is 0.416 e. The summed E-state index contributed by atoms with van der Waals surface area (Å²) in [5.74, 6) is -0.519. The van der Waals surface area contributed by atoms with Crippen molar-refractivity contribution in [2.45, 2.75) is 6.42 Å². The Balaban J connectivity index is 2.51. The number of para-hydroxylation sites is 1. The number of pyridine rings is 1. The number of carboxylic acid groups (broad SMARTS) is 1. The van der Waals surface area contributed by atoms with Crippen molar-refractivity contribution in [1.29, 1.82) is 0 Å². The molecule has 0 aliphatic heterocycles. The molecule has 1 heterocycles. The third kappa shape index (κ3) is 2.92. The van der Waals surface area contributed by atoms with Crippen molar-refractivity contribution in [2.75, 3.05) is 4.90 Å². The summed E-state index contributed by atoms with van der Waals surface area (Å²) >= 11 is 0. The van der Waals surface area contributed by atoms with Crippen molar-refractivity contribution in [1.82, 2.24) is 4.98 Å². The Morgan fingerprint density at radius 2 is 1.95 bits per heavy atom. The number of carbonyl (C=O) groups excluding carboxylic acids is 1. The van der Waals surface area contributed by atoms with E-state index in [0.29, 0.717) is 16.9 Å². The van der Waals surface area contributed by atoms with Crippen molar-refractivity contribution in [3.05, 3.63) is 54.4 Å². The number of anilines is 2. The molecule has 0 atom stereocenters. The Morgan fingerprint density at radius 1 is 1.20 bits per heavy atom. The second kappa shape index (κ2) is 5.83. The molecule has 0 unspecified atom stereocenters. The van der Waals surface area contributed by atoms with Gasteiger partial charge in [-0.3, -0.25) is 9.78 Å². The molecule has 1 aromatic heterocycles. The SMILES string of the molecule is NC(=O)Cc1ccccc1N(C(=O)O)c1cccnc1. The average molecular weight is 271 g/mol. The van der Waals surface area contributed by atoms with Gasteiger partial charge in [-0.25, -0.2) is 9.69 Å². The van der Waals surface area contributed by atoms with Crippen LogP contribution in [0, 0.1) is 0 Å². The van der Waals surface area contributed by atoms with Crippen molar-refractivity contribution < 1.29 is 14.7 Å². The molecule has 0 fully saturated rings. The van der Waals surface area contributed by atoms with Gasteiger partial charge in [-0.05, 0) is 23.8 Å². The number of nitrogens with zero attached hydrogens (tertiary/aromatic N) is 2. The van der Waals surface area contributed by atoms with Crippen LogP contribution in [-0.4, -0.2) is 22.1 Å². The zero-order valence-electron chi connectivity index (χ0n) is 10.6. The van der Waals surface area contributed by atoms with E-state index in [0.717, 1.165) is 4.90 Å². The highest BCUT2D eigenvalue weighted by atomic mass is 16.4. The normalized spacial score (nSPS) is 10.0. The molecular weight excluding hydrogens is 258 g/mol. The summed E-state index contributed by atoms with van der Waals surface area (Å²) in [6, 6.07) is 9.99. The van der Waals surface area contributed by atoms with Crippen LogP contribution in [0.2, 0.25) is 0 Å². The predicted molar refractivity (Wildman–Crippen MR) is 73.7 cm³/mol. The summed E-state index contributed by atoms with van der Waals surface area (Å²) in [4.78, 5) is 27.6. The molecule has 0 spiro atoms. The molecule has 0 radical (unpaired) electrons. The number of primary amides is 1. The van der Waals surface area contributed by atoms with Crippen molar-refractivity contribution in [2.24, 2.45) is 5.73 Å². The topological polar surface area (TPSA) is 96.5 Å². The van der Waals surface area contributed by atoms with Gasteiger partial charge in [-0.2, -0.15) is 0 Å². The van der Waals surface area contributed by atoms with Gasteiger partial charge in [0.1, 0.15) is 0 Å². The third-order valence-electron chi connectivity index (χ3n) is 2.69. The first kappa shape index (κ1) is 13.5. The second-order valence-electron chi connectivity index (χ2n) is 4.10. The van der Waals surface area contributed by atoms with Crippen LogP contribution in [0.25, 0.3) is 0 Å². The Labute approximate surface area is 115 Å². The van der Waals surface area contributed by atoms with Gasteiger partial charge in [0.15, 0.2) is 0 Å². The number of benzene rings is 1. The van der Waals surface area contributed by atoms with E-state index in [1.54, 1.807) is 42.6 Å². The van der Waals surface area contributed by atoms with E-state index in [1.165, 1.54) is 6.20 Å². The predicted octanol–water partition coefficient (Wildman–Crippen LogP) is 1.93. The van der Waals surface area contributed by atoms with Gasteiger partial charge in [0.2, 0.25) is 5.91 Å². The molecule has 6 nitrogen and oxygen atoms in total. The van der Waals surface area contributed by atoms with Crippen molar-refractivity contribution >= 4 is 23.4 Å². The molecule has 1 aromatic carbocycles. The molecule has 0 saturated heterocycles. The smallest absolute Gasteiger partial charge is 0.416 e. The van der Waals surface area contributed by atoms with Crippen molar-refractivity contribution in [3.8, 4) is 0 Å². The van der Waals surface area contributed by atoms with E-state index < -0.39 is 12.0 Å². The van der Waals surface area contributed by atoms with Gasteiger partial charge < -0.3 is 10.8 Å². The first-order chi connectivity index (χ1) is 9.59. The van der Waals surface area contributed by atoms with E-state index in [1.807, 2.05) is 0 Å². The lowest BCUT2D eigenvalue weighted by atomic mass is 10.1. The van der Waals surface area contributed by atoms with Gasteiger partial charge in [-0.15, -0.1) is 0 Å². The molecular formula is C14H13N3O3. The fourth-order valence-electron chi connectivity index (χ4n) is 1.90. The summed E-state index contributed by atoms with van der Waals surface area (Å²) in [6.07, 6.45) is 1.81. The largest absolute Gasteiger partial charge is 0.464 e. The molecule has 0 aliphatic rings. The number of rotatable bonds is 4. The molecule has 0 saturated carbocycles. The quantitative estimate of drug-likeness (QED) is 0.887. The highest BCUT2D eigenvalue weighted by Gasteiger charge is 2.20. The van der Waals surface area contributed by atoms with Crippen LogP contribution in [0.4, 0.5) is 16.2 Å². The number of hydrogen-bond donors (Lipinski definition) is 2. The lowest BCUT2D eigenvalue weighted by molar-refractivity contribution is -0.117. The van der Waals surface area contributed by atoms with E-state index in [4.69, 9.17) is 5.73 Å². The summed E-state index contributed by atoms with van der Waals surface area (Å²) in [6.45, 7) is 0. The molecule has 2 aromatic rings. The summed E-state index contributed by atoms with van der Waals surface area (Å²) in [5.41, 5.74) is 6.53. The Bertz CT molecular complexity index is 629. The van der Waals surface area contributed by atoms with Gasteiger partial charge in [0, 0.05) is 6.20 Å². The Kier molecular flexibility index (Phi) is 3.95. The van der Waals surface area contributed by atoms with E-state index in [2.05, 4.69) is 4.98 Å². The first-order valence-electron chi connectivity index (χ1n) is 5.89. The molecule has 2 amide bonds. The lowest BCUT2D eigenvalue weighted by Crippen LogP contribution is -2.26. The maximum atomic E-state index is 11.5. The zero-order valence-corrected chi connectivity index (χ0v) is 10.6. The van der Waals surface area contributed by atoms with Crippen molar-refractivity contribution in [3.63, 3.8) is 0 Å². The molecule has 3 N–H and O–H groups in total. The van der Waals surface area contributed by atoms with E-state index in [-0.39, 0.29) is 6.42 Å². The van der Waals surface area contributed by atoms with Crippen LogP contribution < -0.4 is 10.6 Å². The van der Waals surface area contributed by atoms with Crippen LogP contribution in [0.1, 0.15) is 5.56 Å². The fraction of sp³-hybridized carbons (Fsp3) is 0.0714. The molecule has 20 heavy (non-hydrogen) atoms. The highest BCUT2D eigenvalue weighted by Crippen LogP contribution is 2.28. The van der Waals surface area contributed by atoms with E-state index >= 15 is 0 Å². The minimum Gasteiger partial charge on any atom is -0.464 e. The molecule has 0 bridgehead atoms. The number of nitrogens with two attached hydrogens (primary N) is 1. The second-order valence-corrected chi connectivity index (χ2v) is 4.10. The molecule has 0 aliphatic carbocycles. The van der Waals surface area contributed by atoms with Crippen LogP contribution >= 0.6 is 0 Å². The fourth-order valence-corrected chi connectivity index (χ4v) is 1.90. The molecule has 102 valence electrons. The number of hydrogen-bond acceptors (Lipinski definition) is 3. The van der Waals surface area contributed by atoms with Gasteiger partial charge in [0.05, 0.1) is 24.0 Å². The standard InChI is InChI=1S/C14H13N3O3/c15-13(18)8-10-4-1-2-6-12(10)17(14(19)20)11-5-3-7-16-9-11/h1-7,9H,8H2,(H2,15,18)(H,19,20). The summed E-state index contributed by atoms with van der Waals surface area (Å²) < 4.78 is 0. The van der Waals surface area contributed by atoms with Crippen LogP contribution in [-0.2, 0) is 11.2 Å². The Morgan fingerprint density at radius 3 is 2.55 bits per heavy atom. The van der Waals surface area contributed by atoms with Crippen LogP contribution in [0.5, 0.6) is 0 Å². The third-order valence-corrected chi connectivity index (χ3v) is 2.69. The van der Waals surface area contributed by atoms with Crippen LogP contribution in [0.3, 0.4) is 0 Å². The molecule has 2 rings (SSSR count). The monoisotopic (exact) mass is 271 g/mol. The van der Waals surface area contributed by atoms with Gasteiger partial charge in [0.25, 0.3) is 0 Å². The zero-order chi connectivity index (χ0) is 14.5. The average Bonchev–Trinajstić information content (AvgIpc) is 2.41. The maximum absolute atomic E-state index is 11.5. The lowest BCUT2D eigenvalue weighted by Gasteiger charge is -2.21. The number of aromatic nitrogens is 1. The minimum absolute atomic E-state index is 0.0276. The van der Waals surface area contributed by atoms with Gasteiger partial charge in [-0.1, -0.05) is 18.2 Å². The number of amides is 2. The first-order valence-corrected chi connectivity index (χ1v) is 5.89. The van der Waals surface area contributed by atoms with Crippen LogP contribution in [0.15, 0.2) is 48.8 Å². The van der Waals surface area contributed by atoms with E-state index in [9.17, 15) is 14.7 Å². The number of carbonyl (C=O) groups is 2. The van der Waals surface area contributed by atoms with Gasteiger partial charge >= 0.3 is 6.09 Å². The summed E-state index contributed by atoms with van der Waals surface area (Å²) in [5, 5.41) is 9.42. The highest BCUT2D eigenvalue weighted by molar-refractivity contribution is 5.96. The molecule has 6 heteroatoms.